The monoisotopic (exact) mass is 306 g/mol. The molecule has 0 spiro atoms. The van der Waals surface area contributed by atoms with Crippen molar-refractivity contribution in [3.05, 3.63) is 24.3 Å². The van der Waals surface area contributed by atoms with Crippen molar-refractivity contribution in [2.45, 2.75) is 18.1 Å². The van der Waals surface area contributed by atoms with Crippen LogP contribution in [0.4, 0.5) is 0 Å². The molecule has 14 heavy (non-hydrogen) atoms. The van der Waals surface area contributed by atoms with E-state index in [4.69, 9.17) is 46.4 Å². The van der Waals surface area contributed by atoms with Gasteiger partial charge in [-0.2, -0.15) is 0 Å². The summed E-state index contributed by atoms with van der Waals surface area (Å²) in [5.74, 6) is 0. The lowest BCUT2D eigenvalue weighted by molar-refractivity contribution is 1.35. The number of alkyl halides is 4. The SMILES string of the molecule is ClC(Cl)Sc1ccc(SC(Cl)Cl)cc1. The Morgan fingerprint density at radius 2 is 1.00 bits per heavy atom. The maximum absolute atomic E-state index is 5.62. The average molecular weight is 308 g/mol. The first-order valence-corrected chi connectivity index (χ1v) is 7.08. The van der Waals surface area contributed by atoms with Gasteiger partial charge in [-0.3, -0.25) is 0 Å². The van der Waals surface area contributed by atoms with Gasteiger partial charge in [0.1, 0.15) is 0 Å². The van der Waals surface area contributed by atoms with E-state index in [9.17, 15) is 0 Å². The Hall–Kier alpha value is 1.08. The third-order valence-electron chi connectivity index (χ3n) is 1.27. The van der Waals surface area contributed by atoms with Crippen molar-refractivity contribution in [2.75, 3.05) is 0 Å². The van der Waals surface area contributed by atoms with Crippen LogP contribution >= 0.6 is 69.9 Å². The molecule has 78 valence electrons. The summed E-state index contributed by atoms with van der Waals surface area (Å²) in [6.07, 6.45) is 0. The van der Waals surface area contributed by atoms with Gasteiger partial charge in [-0.25, -0.2) is 0 Å². The van der Waals surface area contributed by atoms with Gasteiger partial charge < -0.3 is 0 Å². The van der Waals surface area contributed by atoms with Crippen LogP contribution < -0.4 is 0 Å². The van der Waals surface area contributed by atoms with Crippen LogP contribution in [0.25, 0.3) is 0 Å². The molecule has 0 nitrogen and oxygen atoms in total. The first-order valence-electron chi connectivity index (χ1n) is 3.57. The molecule has 1 aromatic carbocycles. The van der Waals surface area contributed by atoms with E-state index in [-0.39, 0.29) is 0 Å². The second kappa shape index (κ2) is 6.62. The third-order valence-corrected chi connectivity index (χ3v) is 3.79. The molecule has 0 amide bonds. The van der Waals surface area contributed by atoms with Gasteiger partial charge in [0.25, 0.3) is 0 Å². The minimum atomic E-state index is -0.442. The Balaban J connectivity index is 2.59. The van der Waals surface area contributed by atoms with E-state index in [0.29, 0.717) is 0 Å². The normalized spacial score (nSPS) is 11.3. The molecule has 0 N–H and O–H groups in total. The highest BCUT2D eigenvalue weighted by atomic mass is 35.5. The summed E-state index contributed by atoms with van der Waals surface area (Å²) >= 11 is 25.2. The Morgan fingerprint density at radius 1 is 0.714 bits per heavy atom. The molecule has 6 heteroatoms. The van der Waals surface area contributed by atoms with Gasteiger partial charge in [-0.05, 0) is 24.3 Å². The van der Waals surface area contributed by atoms with Crippen LogP contribution in [-0.2, 0) is 0 Å². The number of hydrogen-bond acceptors (Lipinski definition) is 2. The molecule has 0 saturated heterocycles. The molecule has 0 aliphatic rings. The molecule has 0 aromatic heterocycles. The zero-order valence-corrected chi connectivity index (χ0v) is 11.4. The average Bonchev–Trinajstić information content (AvgIpc) is 2.06. The summed E-state index contributed by atoms with van der Waals surface area (Å²) in [4.78, 5) is 2.04. The molecule has 0 aliphatic carbocycles. The highest BCUT2D eigenvalue weighted by molar-refractivity contribution is 8.02. The van der Waals surface area contributed by atoms with Crippen molar-refractivity contribution >= 4 is 69.9 Å². The summed E-state index contributed by atoms with van der Waals surface area (Å²) in [5, 5.41) is 0. The number of rotatable bonds is 4. The Kier molecular flexibility index (Phi) is 6.21. The zero-order chi connectivity index (χ0) is 10.6. The Labute approximate surface area is 112 Å². The summed E-state index contributed by atoms with van der Waals surface area (Å²) in [6.45, 7) is 0. The van der Waals surface area contributed by atoms with Gasteiger partial charge in [0.15, 0.2) is 8.34 Å². The molecule has 1 aromatic rings. The second-order valence-electron chi connectivity index (χ2n) is 2.23. The fourth-order valence-electron chi connectivity index (χ4n) is 0.803. The van der Waals surface area contributed by atoms with E-state index in [0.717, 1.165) is 9.79 Å². The standard InChI is InChI=1S/C8H6Cl4S2/c9-7(10)13-5-1-2-6(4-3-5)14-8(11)12/h1-4,7-8H. The Morgan fingerprint density at radius 3 is 1.21 bits per heavy atom. The highest BCUT2D eigenvalue weighted by Gasteiger charge is 2.04. The first-order chi connectivity index (χ1) is 6.58. The van der Waals surface area contributed by atoms with Crippen LogP contribution in [0.2, 0.25) is 0 Å². The molecule has 1 rings (SSSR count). The molecular formula is C8H6Cl4S2. The van der Waals surface area contributed by atoms with E-state index in [2.05, 4.69) is 0 Å². The molecule has 0 aliphatic heterocycles. The molecular weight excluding hydrogens is 302 g/mol. The number of benzene rings is 1. The van der Waals surface area contributed by atoms with Crippen molar-refractivity contribution in [2.24, 2.45) is 0 Å². The van der Waals surface area contributed by atoms with Crippen molar-refractivity contribution in [3.63, 3.8) is 0 Å². The predicted octanol–water partition coefficient (Wildman–Crippen LogP) is 5.39. The van der Waals surface area contributed by atoms with Crippen molar-refractivity contribution in [1.29, 1.82) is 0 Å². The van der Waals surface area contributed by atoms with Gasteiger partial charge in [0.05, 0.1) is 0 Å². The summed E-state index contributed by atoms with van der Waals surface area (Å²) < 4.78 is -0.885. The van der Waals surface area contributed by atoms with Gasteiger partial charge in [0.2, 0.25) is 0 Å². The largest absolute Gasteiger partial charge is 0.157 e. The maximum Gasteiger partial charge on any atom is 0.157 e. The maximum atomic E-state index is 5.62. The van der Waals surface area contributed by atoms with E-state index in [1.54, 1.807) is 0 Å². The molecule has 0 bridgehead atoms. The summed E-state index contributed by atoms with van der Waals surface area (Å²) in [7, 11) is 0. The van der Waals surface area contributed by atoms with Crippen molar-refractivity contribution in [3.8, 4) is 0 Å². The fraction of sp³-hybridized carbons (Fsp3) is 0.250. The Bertz CT molecular complexity index is 244. The van der Waals surface area contributed by atoms with Gasteiger partial charge in [-0.1, -0.05) is 69.9 Å². The minimum Gasteiger partial charge on any atom is -0.0928 e. The lowest BCUT2D eigenvalue weighted by atomic mass is 10.4. The summed E-state index contributed by atoms with van der Waals surface area (Å²) in [6, 6.07) is 7.73. The molecule has 0 saturated carbocycles. The molecule has 0 fully saturated rings. The van der Waals surface area contributed by atoms with Crippen LogP contribution in [0.3, 0.4) is 0 Å². The van der Waals surface area contributed by atoms with Crippen LogP contribution in [0.5, 0.6) is 0 Å². The van der Waals surface area contributed by atoms with Crippen LogP contribution in [-0.4, -0.2) is 8.34 Å². The second-order valence-corrected chi connectivity index (χ2v) is 7.81. The lowest BCUT2D eigenvalue weighted by Crippen LogP contribution is -1.80. The van der Waals surface area contributed by atoms with E-state index in [1.165, 1.54) is 23.5 Å². The first kappa shape index (κ1) is 13.1. The predicted molar refractivity (Wildman–Crippen MR) is 69.1 cm³/mol. The van der Waals surface area contributed by atoms with Crippen LogP contribution in [0.1, 0.15) is 0 Å². The molecule has 0 unspecified atom stereocenters. The molecule has 0 atom stereocenters. The van der Waals surface area contributed by atoms with Crippen LogP contribution in [0.15, 0.2) is 34.1 Å². The van der Waals surface area contributed by atoms with Gasteiger partial charge >= 0.3 is 0 Å². The number of thioether (sulfide) groups is 2. The van der Waals surface area contributed by atoms with Crippen molar-refractivity contribution < 1.29 is 0 Å². The highest BCUT2D eigenvalue weighted by Crippen LogP contribution is 2.32. The lowest BCUT2D eigenvalue weighted by Gasteiger charge is -2.04. The van der Waals surface area contributed by atoms with Gasteiger partial charge in [-0.15, -0.1) is 0 Å². The summed E-state index contributed by atoms with van der Waals surface area (Å²) in [5.41, 5.74) is 0. The topological polar surface area (TPSA) is 0 Å². The van der Waals surface area contributed by atoms with Crippen molar-refractivity contribution in [1.82, 2.24) is 0 Å². The molecule has 0 heterocycles. The quantitative estimate of drug-likeness (QED) is 0.540. The number of hydrogen-bond donors (Lipinski definition) is 0. The van der Waals surface area contributed by atoms with E-state index < -0.39 is 8.34 Å². The van der Waals surface area contributed by atoms with E-state index >= 15 is 0 Å². The van der Waals surface area contributed by atoms with Crippen LogP contribution in [0, 0.1) is 0 Å². The van der Waals surface area contributed by atoms with E-state index in [1.807, 2.05) is 24.3 Å². The minimum absolute atomic E-state index is 0.442. The van der Waals surface area contributed by atoms with Gasteiger partial charge in [0, 0.05) is 9.79 Å². The smallest absolute Gasteiger partial charge is 0.0928 e. The number of halogens is 4. The molecule has 0 radical (unpaired) electrons. The zero-order valence-electron chi connectivity index (χ0n) is 6.79. The third kappa shape index (κ3) is 5.24. The fourth-order valence-corrected chi connectivity index (χ4v) is 3.03.